The first-order valence-corrected chi connectivity index (χ1v) is 18.8. The average Bonchev–Trinajstić information content (AvgIpc) is 3.19. The lowest BCUT2D eigenvalue weighted by molar-refractivity contribution is 0.0772. The maximum Gasteiger partial charge on any atom is 0.255 e. The lowest BCUT2D eigenvalue weighted by atomic mass is 10.1. The highest BCUT2D eigenvalue weighted by Crippen LogP contribution is 2.13. The van der Waals surface area contributed by atoms with Gasteiger partial charge in [-0.1, -0.05) is 97.0 Å². The largest absolute Gasteiger partial charge is 0.399 e. The fraction of sp³-hybridized carbons (Fsp3) is 0.229. The van der Waals surface area contributed by atoms with Crippen LogP contribution >= 0.6 is 11.6 Å². The molecule has 5 rings (SSSR count). The highest BCUT2D eigenvalue weighted by Gasteiger charge is 2.11. The molecule has 4 N–H and O–H groups in total. The predicted molar refractivity (Wildman–Crippen MR) is 236 cm³/mol. The Morgan fingerprint density at radius 3 is 1.48 bits per heavy atom. The number of anilines is 2. The van der Waals surface area contributed by atoms with Gasteiger partial charge in [-0.25, -0.2) is 0 Å². The number of terminal acetylenes is 2. The van der Waals surface area contributed by atoms with E-state index in [4.69, 9.17) is 30.2 Å². The van der Waals surface area contributed by atoms with E-state index >= 15 is 0 Å². The van der Waals surface area contributed by atoms with Crippen LogP contribution in [0.5, 0.6) is 0 Å². The van der Waals surface area contributed by atoms with E-state index in [1.165, 1.54) is 0 Å². The number of nitrogens with zero attached hydrogens (tertiary/aromatic N) is 1. The number of amides is 2. The minimum Gasteiger partial charge on any atom is -0.399 e. The van der Waals surface area contributed by atoms with Gasteiger partial charge >= 0.3 is 0 Å². The van der Waals surface area contributed by atoms with Gasteiger partial charge < -0.3 is 21.3 Å². The van der Waals surface area contributed by atoms with Crippen LogP contribution in [0.3, 0.4) is 0 Å². The van der Waals surface area contributed by atoms with E-state index in [-0.39, 0.29) is 11.8 Å². The molecular weight excluding hydrogens is 716 g/mol. The molecule has 0 unspecified atom stereocenters. The zero-order valence-corrected chi connectivity index (χ0v) is 34.4. The number of nitrogens with two attached hydrogens (primary N) is 1. The first-order valence-electron chi connectivity index (χ1n) is 18.4. The minimum atomic E-state index is -0.399. The van der Waals surface area contributed by atoms with Gasteiger partial charge in [-0.15, -0.1) is 12.8 Å². The third kappa shape index (κ3) is 19.3. The summed E-state index contributed by atoms with van der Waals surface area (Å²) < 4.78 is 0. The summed E-state index contributed by atoms with van der Waals surface area (Å²) in [5, 5.41) is 5.54. The summed E-state index contributed by atoms with van der Waals surface area (Å²) in [5.41, 5.74) is 13.6. The van der Waals surface area contributed by atoms with Crippen LogP contribution in [0.1, 0.15) is 86.6 Å². The molecule has 0 bridgehead atoms. The molecule has 0 aliphatic rings. The second-order valence-corrected chi connectivity index (χ2v) is 12.6. The normalized spacial score (nSPS) is 9.32. The Bertz CT molecular complexity index is 2060. The Morgan fingerprint density at radius 2 is 1.07 bits per heavy atom. The molecule has 0 atom stereocenters. The van der Waals surface area contributed by atoms with E-state index in [1.54, 1.807) is 36.4 Å². The van der Waals surface area contributed by atoms with Crippen LogP contribution in [0.15, 0.2) is 121 Å². The zero-order chi connectivity index (χ0) is 41.9. The average molecular weight is 771 g/mol. The van der Waals surface area contributed by atoms with Crippen LogP contribution in [-0.4, -0.2) is 48.1 Å². The van der Waals surface area contributed by atoms with Gasteiger partial charge in [0.2, 0.25) is 0 Å². The van der Waals surface area contributed by atoms with E-state index < -0.39 is 5.24 Å². The van der Waals surface area contributed by atoms with Crippen molar-refractivity contribution < 1.29 is 14.4 Å². The standard InChI is InChI=1S/C16H13NO.C12H17NO.C8H7ClO.C8H7N.C4H11N/c1-3-13-7-5-9-15(11-13)17-16(18)14-8-4-6-12(2)10-14;1-4-13(5-2)12(14)11-8-6-7-10(3)9-11;1-6-3-2-4-7(5-6)8(9)10;1-2-7-4-3-5-8(9)6-7;1-3-5-4-2/h1,4-11H,2H3,(H,17,18);6-9H,4-5H2,1-3H3;2-5H,1H3;1,3-6H,9H2;5H,3-4H2,1-2H3. The Morgan fingerprint density at radius 1 is 0.625 bits per heavy atom. The number of benzene rings is 5. The van der Waals surface area contributed by atoms with Crippen LogP contribution in [0, 0.1) is 45.5 Å². The van der Waals surface area contributed by atoms with Gasteiger partial charge in [0.15, 0.2) is 0 Å². The number of nitrogen functional groups attached to an aromatic ring is 1. The molecule has 8 heteroatoms. The molecule has 0 saturated heterocycles. The molecule has 0 aliphatic carbocycles. The van der Waals surface area contributed by atoms with Gasteiger partial charge in [0, 0.05) is 52.3 Å². The van der Waals surface area contributed by atoms with E-state index in [1.807, 2.05) is 124 Å². The number of rotatable bonds is 8. The number of hydrogen-bond acceptors (Lipinski definition) is 5. The topological polar surface area (TPSA) is 105 Å². The number of halogens is 1. The SMILES string of the molecule is C#Cc1cccc(N)c1.C#Cc1cccc(NC(=O)c2cccc(C)c2)c1.CCN(CC)C(=O)c1cccc(C)c1.CCNCC.Cc1cccc(C(=O)Cl)c1. The summed E-state index contributed by atoms with van der Waals surface area (Å²) in [4.78, 5) is 36.3. The summed E-state index contributed by atoms with van der Waals surface area (Å²) in [6.45, 7) is 17.8. The van der Waals surface area contributed by atoms with Crippen molar-refractivity contribution in [3.8, 4) is 24.7 Å². The van der Waals surface area contributed by atoms with Gasteiger partial charge in [0.25, 0.3) is 17.1 Å². The summed E-state index contributed by atoms with van der Waals surface area (Å²) in [6.07, 6.45) is 10.4. The van der Waals surface area contributed by atoms with Crippen molar-refractivity contribution in [3.63, 3.8) is 0 Å². The summed E-state index contributed by atoms with van der Waals surface area (Å²) in [6, 6.07) is 36.8. The Kier molecular flexibility index (Phi) is 23.5. The number of carbonyl (C=O) groups excluding carboxylic acids is 3. The highest BCUT2D eigenvalue weighted by atomic mass is 35.5. The third-order valence-electron chi connectivity index (χ3n) is 7.68. The smallest absolute Gasteiger partial charge is 0.255 e. The summed E-state index contributed by atoms with van der Waals surface area (Å²) in [7, 11) is 0. The Hall–Kier alpha value is -6.12. The van der Waals surface area contributed by atoms with Crippen molar-refractivity contribution in [1.82, 2.24) is 10.2 Å². The number of nitrogens with one attached hydrogen (secondary N) is 2. The fourth-order valence-electron chi connectivity index (χ4n) is 4.79. The molecule has 2 amide bonds. The van der Waals surface area contributed by atoms with Crippen LogP contribution in [0.25, 0.3) is 0 Å². The number of aryl methyl sites for hydroxylation is 3. The molecular formula is C48H55ClN4O3. The Labute approximate surface area is 339 Å². The molecule has 0 saturated carbocycles. The zero-order valence-electron chi connectivity index (χ0n) is 33.7. The third-order valence-corrected chi connectivity index (χ3v) is 7.90. The van der Waals surface area contributed by atoms with Crippen LogP contribution < -0.4 is 16.4 Å². The molecule has 292 valence electrons. The van der Waals surface area contributed by atoms with E-state index in [9.17, 15) is 14.4 Å². The maximum absolute atomic E-state index is 12.0. The quantitative estimate of drug-likeness (QED) is 0.0828. The molecule has 5 aromatic rings. The van der Waals surface area contributed by atoms with Gasteiger partial charge in [0.05, 0.1) is 0 Å². The lowest BCUT2D eigenvalue weighted by Crippen LogP contribution is -2.30. The van der Waals surface area contributed by atoms with Gasteiger partial charge in [0.1, 0.15) is 0 Å². The van der Waals surface area contributed by atoms with Gasteiger partial charge in [-0.3, -0.25) is 14.4 Å². The Balaban J connectivity index is 0.000000370. The molecule has 0 aliphatic heterocycles. The van der Waals surface area contributed by atoms with Crippen molar-refractivity contribution in [2.45, 2.75) is 48.5 Å². The maximum atomic E-state index is 12.0. The molecule has 0 radical (unpaired) electrons. The lowest BCUT2D eigenvalue weighted by Gasteiger charge is -2.18. The van der Waals surface area contributed by atoms with Crippen molar-refractivity contribution >= 4 is 40.0 Å². The summed E-state index contributed by atoms with van der Waals surface area (Å²) >= 11 is 5.24. The minimum absolute atomic E-state index is 0.124. The molecule has 0 fully saturated rings. The van der Waals surface area contributed by atoms with Crippen LogP contribution in [0.4, 0.5) is 11.4 Å². The first-order chi connectivity index (χ1) is 26.8. The van der Waals surface area contributed by atoms with Crippen LogP contribution in [0.2, 0.25) is 0 Å². The van der Waals surface area contributed by atoms with Crippen LogP contribution in [-0.2, 0) is 0 Å². The van der Waals surface area contributed by atoms with E-state index in [0.717, 1.165) is 59.6 Å². The molecule has 0 spiro atoms. The molecule has 7 nitrogen and oxygen atoms in total. The van der Waals surface area contributed by atoms with Gasteiger partial charge in [-0.05, 0) is 126 Å². The van der Waals surface area contributed by atoms with Gasteiger partial charge in [-0.2, -0.15) is 0 Å². The molecule has 0 aromatic heterocycles. The second kappa shape index (κ2) is 27.5. The first kappa shape index (κ1) is 47.9. The summed E-state index contributed by atoms with van der Waals surface area (Å²) in [5.74, 6) is 5.02. The van der Waals surface area contributed by atoms with Crippen molar-refractivity contribution in [2.75, 3.05) is 37.2 Å². The van der Waals surface area contributed by atoms with Crippen molar-refractivity contribution in [1.29, 1.82) is 0 Å². The fourth-order valence-corrected chi connectivity index (χ4v) is 4.91. The van der Waals surface area contributed by atoms with E-state index in [0.29, 0.717) is 22.5 Å². The van der Waals surface area contributed by atoms with Crippen molar-refractivity contribution in [2.24, 2.45) is 0 Å². The second-order valence-electron chi connectivity index (χ2n) is 12.3. The number of carbonyl (C=O) groups is 3. The van der Waals surface area contributed by atoms with Crippen molar-refractivity contribution in [3.05, 3.63) is 166 Å². The monoisotopic (exact) mass is 770 g/mol. The molecule has 0 heterocycles. The molecule has 5 aromatic carbocycles. The number of hydrogen-bond donors (Lipinski definition) is 3. The molecule has 56 heavy (non-hydrogen) atoms. The highest BCUT2D eigenvalue weighted by molar-refractivity contribution is 6.67. The van der Waals surface area contributed by atoms with E-state index in [2.05, 4.69) is 36.3 Å². The predicted octanol–water partition coefficient (Wildman–Crippen LogP) is 9.95.